The molecule has 0 amide bonds. The molecular weight excluding hydrogens is 295 g/mol. The first kappa shape index (κ1) is 15.8. The predicted octanol–water partition coefficient (Wildman–Crippen LogP) is 3.26. The van der Waals surface area contributed by atoms with Crippen LogP contribution in [0, 0.1) is 0 Å². The minimum atomic E-state index is 0. The number of nitrogens with zero attached hydrogens (tertiary/aromatic N) is 4. The number of rotatable bonds is 2. The van der Waals surface area contributed by atoms with E-state index in [4.69, 9.17) is 23.2 Å². The minimum Gasteiger partial charge on any atom is -0.352 e. The number of aromatic nitrogens is 2. The van der Waals surface area contributed by atoms with Crippen molar-refractivity contribution < 1.29 is 0 Å². The normalized spacial score (nSPS) is 23.6. The number of likely N-dealkylation sites (N-methyl/N-ethyl adjacent to an activating group) is 1. The van der Waals surface area contributed by atoms with Crippen molar-refractivity contribution in [3.8, 4) is 0 Å². The monoisotopic (exact) mass is 316 g/mol. The third-order valence-corrected chi connectivity index (χ3v) is 4.89. The van der Waals surface area contributed by atoms with Crippen LogP contribution in [-0.4, -0.2) is 47.1 Å². The van der Waals surface area contributed by atoms with Crippen LogP contribution in [0.1, 0.15) is 32.8 Å². The number of halogens is 2. The summed E-state index contributed by atoms with van der Waals surface area (Å²) in [5, 5.41) is 0.743. The van der Waals surface area contributed by atoms with E-state index in [9.17, 15) is 0 Å². The lowest BCUT2D eigenvalue weighted by atomic mass is 10.1. The Morgan fingerprint density at radius 1 is 1.25 bits per heavy atom. The second kappa shape index (κ2) is 6.04. The molecule has 2 aliphatic rings. The second-order valence-electron chi connectivity index (χ2n) is 5.46. The highest BCUT2D eigenvalue weighted by molar-refractivity contribution is 6.32. The lowest BCUT2D eigenvalue weighted by Gasteiger charge is -2.34. The highest BCUT2D eigenvalue weighted by Gasteiger charge is 2.35. The van der Waals surface area contributed by atoms with Crippen LogP contribution in [0.5, 0.6) is 0 Å². The first-order valence-electron chi connectivity index (χ1n) is 6.76. The summed E-state index contributed by atoms with van der Waals surface area (Å²) in [6, 6.07) is 1.01. The van der Waals surface area contributed by atoms with E-state index in [1.165, 1.54) is 19.4 Å². The van der Waals surface area contributed by atoms with Crippen LogP contribution < -0.4 is 4.90 Å². The molecule has 2 atom stereocenters. The Morgan fingerprint density at radius 2 is 2.00 bits per heavy atom. The molecule has 0 aromatic carbocycles. The van der Waals surface area contributed by atoms with E-state index in [0.29, 0.717) is 17.2 Å². The van der Waals surface area contributed by atoms with Gasteiger partial charge in [-0.05, 0) is 51.4 Å². The maximum absolute atomic E-state index is 6.16. The topological polar surface area (TPSA) is 32.3 Å². The molecule has 2 unspecified atom stereocenters. The van der Waals surface area contributed by atoms with Crippen LogP contribution in [0.4, 0.5) is 5.82 Å². The molecule has 6 heteroatoms. The van der Waals surface area contributed by atoms with Gasteiger partial charge in [-0.3, -0.25) is 0 Å². The van der Waals surface area contributed by atoms with Crippen molar-refractivity contribution in [3.63, 3.8) is 0 Å². The molecule has 0 radical (unpaired) electrons. The molecule has 0 aliphatic carbocycles. The molecule has 3 rings (SSSR count). The molecule has 0 bridgehead atoms. The van der Waals surface area contributed by atoms with Gasteiger partial charge >= 0.3 is 0 Å². The SMILES string of the molecule is C.CC(C1CCCN1C)N1CCc2c(Cl)nc(Cl)nc21. The van der Waals surface area contributed by atoms with E-state index >= 15 is 0 Å². The van der Waals surface area contributed by atoms with Crippen LogP contribution in [0.15, 0.2) is 0 Å². The van der Waals surface area contributed by atoms with Crippen molar-refractivity contribution in [2.75, 3.05) is 25.0 Å². The molecule has 4 nitrogen and oxygen atoms in total. The molecule has 2 aliphatic heterocycles. The molecule has 20 heavy (non-hydrogen) atoms. The summed E-state index contributed by atoms with van der Waals surface area (Å²) in [5.41, 5.74) is 1.04. The molecular formula is C14H22Cl2N4. The highest BCUT2D eigenvalue weighted by atomic mass is 35.5. The van der Waals surface area contributed by atoms with Crippen molar-refractivity contribution in [2.45, 2.75) is 45.7 Å². The Labute approximate surface area is 131 Å². The second-order valence-corrected chi connectivity index (χ2v) is 6.16. The third kappa shape index (κ3) is 2.61. The van der Waals surface area contributed by atoms with Gasteiger partial charge in [-0.25, -0.2) is 9.97 Å². The van der Waals surface area contributed by atoms with Gasteiger partial charge in [-0.15, -0.1) is 0 Å². The van der Waals surface area contributed by atoms with Gasteiger partial charge in [0.15, 0.2) is 0 Å². The Hall–Kier alpha value is -0.580. The molecule has 3 heterocycles. The Bertz CT molecular complexity index is 494. The summed E-state index contributed by atoms with van der Waals surface area (Å²) >= 11 is 12.1. The van der Waals surface area contributed by atoms with Gasteiger partial charge in [0.1, 0.15) is 11.0 Å². The van der Waals surface area contributed by atoms with Crippen LogP contribution in [0.3, 0.4) is 0 Å². The van der Waals surface area contributed by atoms with E-state index in [-0.39, 0.29) is 12.7 Å². The summed E-state index contributed by atoms with van der Waals surface area (Å²) < 4.78 is 0. The standard InChI is InChI=1S/C13H18Cl2N4.CH4/c1-8(10-4-3-6-18(10)2)19-7-5-9-11(14)16-13(15)17-12(9)19;/h8,10H,3-7H2,1-2H3;1H4. The first-order chi connectivity index (χ1) is 9.08. The minimum absolute atomic E-state index is 0. The first-order valence-corrected chi connectivity index (χ1v) is 7.52. The number of anilines is 1. The zero-order valence-electron chi connectivity index (χ0n) is 11.2. The van der Waals surface area contributed by atoms with E-state index in [1.54, 1.807) is 0 Å². The fraction of sp³-hybridized carbons (Fsp3) is 0.714. The summed E-state index contributed by atoms with van der Waals surface area (Å²) in [6.45, 7) is 4.40. The average Bonchev–Trinajstić information content (AvgIpc) is 2.94. The molecule has 0 N–H and O–H groups in total. The molecule has 1 fully saturated rings. The Kier molecular flexibility index (Phi) is 4.77. The highest BCUT2D eigenvalue weighted by Crippen LogP contribution is 2.35. The van der Waals surface area contributed by atoms with Crippen molar-refractivity contribution in [3.05, 3.63) is 16.0 Å². The number of likely N-dealkylation sites (tertiary alicyclic amines) is 1. The summed E-state index contributed by atoms with van der Waals surface area (Å²) in [4.78, 5) is 13.2. The fourth-order valence-electron chi connectivity index (χ4n) is 3.36. The summed E-state index contributed by atoms with van der Waals surface area (Å²) in [7, 11) is 2.20. The maximum atomic E-state index is 6.16. The van der Waals surface area contributed by atoms with E-state index in [0.717, 1.165) is 24.3 Å². The Morgan fingerprint density at radius 3 is 2.65 bits per heavy atom. The largest absolute Gasteiger partial charge is 0.352 e. The molecule has 1 saturated heterocycles. The van der Waals surface area contributed by atoms with Crippen LogP contribution >= 0.6 is 23.2 Å². The van der Waals surface area contributed by atoms with Crippen molar-refractivity contribution in [1.82, 2.24) is 14.9 Å². The lowest BCUT2D eigenvalue weighted by Crippen LogP contribution is -2.46. The van der Waals surface area contributed by atoms with Crippen molar-refractivity contribution >= 4 is 29.0 Å². The van der Waals surface area contributed by atoms with E-state index in [2.05, 4.69) is 33.7 Å². The van der Waals surface area contributed by atoms with Gasteiger partial charge in [-0.1, -0.05) is 19.0 Å². The van der Waals surface area contributed by atoms with Crippen LogP contribution in [-0.2, 0) is 6.42 Å². The average molecular weight is 317 g/mol. The Balaban J connectivity index is 0.00000147. The van der Waals surface area contributed by atoms with Crippen LogP contribution in [0.2, 0.25) is 10.4 Å². The summed E-state index contributed by atoms with van der Waals surface area (Å²) in [5.74, 6) is 0.929. The molecule has 112 valence electrons. The van der Waals surface area contributed by atoms with Gasteiger partial charge in [0.05, 0.1) is 0 Å². The lowest BCUT2D eigenvalue weighted by molar-refractivity contribution is 0.273. The van der Waals surface area contributed by atoms with Gasteiger partial charge < -0.3 is 9.80 Å². The third-order valence-electron chi connectivity index (χ3n) is 4.41. The smallest absolute Gasteiger partial charge is 0.225 e. The molecule has 1 aromatic rings. The number of hydrogen-bond acceptors (Lipinski definition) is 4. The van der Waals surface area contributed by atoms with Gasteiger partial charge in [0, 0.05) is 24.2 Å². The summed E-state index contributed by atoms with van der Waals surface area (Å²) in [6.07, 6.45) is 3.43. The van der Waals surface area contributed by atoms with Crippen molar-refractivity contribution in [1.29, 1.82) is 0 Å². The number of fused-ring (bicyclic) bond motifs is 1. The van der Waals surface area contributed by atoms with Gasteiger partial charge in [0.2, 0.25) is 5.28 Å². The zero-order valence-corrected chi connectivity index (χ0v) is 12.7. The maximum Gasteiger partial charge on any atom is 0.225 e. The van der Waals surface area contributed by atoms with E-state index in [1.807, 2.05) is 0 Å². The van der Waals surface area contributed by atoms with Gasteiger partial charge in [-0.2, -0.15) is 0 Å². The van der Waals surface area contributed by atoms with E-state index < -0.39 is 0 Å². The van der Waals surface area contributed by atoms with Crippen LogP contribution in [0.25, 0.3) is 0 Å². The molecule has 0 spiro atoms. The number of hydrogen-bond donors (Lipinski definition) is 0. The van der Waals surface area contributed by atoms with Gasteiger partial charge in [0.25, 0.3) is 0 Å². The predicted molar refractivity (Wildman–Crippen MR) is 84.9 cm³/mol. The quantitative estimate of drug-likeness (QED) is 0.619. The zero-order chi connectivity index (χ0) is 13.6. The molecule has 1 aromatic heterocycles. The van der Waals surface area contributed by atoms with Crippen molar-refractivity contribution in [2.24, 2.45) is 0 Å². The molecule has 0 saturated carbocycles. The fourth-order valence-corrected chi connectivity index (χ4v) is 3.83.